The van der Waals surface area contributed by atoms with Crippen molar-refractivity contribution in [1.29, 1.82) is 0 Å². The molecule has 2 N–H and O–H groups in total. The summed E-state index contributed by atoms with van der Waals surface area (Å²) >= 11 is 0. The molecule has 21 heavy (non-hydrogen) atoms. The van der Waals surface area contributed by atoms with Gasteiger partial charge in [0.25, 0.3) is 0 Å². The van der Waals surface area contributed by atoms with Crippen LogP contribution in [-0.2, 0) is 16.8 Å². The number of rotatable bonds is 3. The molecule has 0 radical (unpaired) electrons. The lowest BCUT2D eigenvalue weighted by molar-refractivity contribution is 0.0342. The Bertz CT molecular complexity index is 446. The van der Waals surface area contributed by atoms with Crippen LogP contribution in [0, 0.1) is 0 Å². The summed E-state index contributed by atoms with van der Waals surface area (Å²) in [5.41, 5.74) is 9.15. The van der Waals surface area contributed by atoms with E-state index >= 15 is 0 Å². The zero-order valence-electron chi connectivity index (χ0n) is 13.1. The Labute approximate surface area is 127 Å². The van der Waals surface area contributed by atoms with Crippen LogP contribution in [0.2, 0.25) is 0 Å². The molecule has 2 aliphatic heterocycles. The fourth-order valence-corrected chi connectivity index (χ4v) is 3.27. The van der Waals surface area contributed by atoms with Gasteiger partial charge in [0.2, 0.25) is 0 Å². The van der Waals surface area contributed by atoms with E-state index in [0.717, 1.165) is 58.8 Å². The molecule has 116 valence electrons. The van der Waals surface area contributed by atoms with E-state index in [4.69, 9.17) is 10.5 Å². The molecule has 1 aromatic rings. The summed E-state index contributed by atoms with van der Waals surface area (Å²) in [6, 6.07) is 8.97. The largest absolute Gasteiger partial charge is 0.379 e. The molecule has 2 aliphatic rings. The number of nitrogens with zero attached hydrogens (tertiary/aromatic N) is 2. The maximum absolute atomic E-state index is 6.62. The first kappa shape index (κ1) is 15.0. The van der Waals surface area contributed by atoms with Gasteiger partial charge in [0.05, 0.1) is 13.2 Å². The second-order valence-corrected chi connectivity index (χ2v) is 6.54. The average molecular weight is 289 g/mol. The predicted molar refractivity (Wildman–Crippen MR) is 85.1 cm³/mol. The molecular formula is C17H27N3O. The van der Waals surface area contributed by atoms with Crippen LogP contribution in [0.3, 0.4) is 0 Å². The van der Waals surface area contributed by atoms with E-state index in [1.807, 2.05) is 0 Å². The Morgan fingerprint density at radius 1 is 1.05 bits per heavy atom. The van der Waals surface area contributed by atoms with Crippen molar-refractivity contribution in [3.8, 4) is 0 Å². The van der Waals surface area contributed by atoms with E-state index in [2.05, 4.69) is 41.1 Å². The molecule has 2 heterocycles. The van der Waals surface area contributed by atoms with Crippen molar-refractivity contribution in [2.75, 3.05) is 46.4 Å². The highest BCUT2D eigenvalue weighted by atomic mass is 16.5. The number of hydrogen-bond donors (Lipinski definition) is 1. The third kappa shape index (κ3) is 3.64. The van der Waals surface area contributed by atoms with Gasteiger partial charge in [-0.2, -0.15) is 0 Å². The molecular weight excluding hydrogens is 262 g/mol. The second-order valence-electron chi connectivity index (χ2n) is 6.54. The van der Waals surface area contributed by atoms with Crippen molar-refractivity contribution >= 4 is 0 Å². The van der Waals surface area contributed by atoms with Crippen LogP contribution in [0.1, 0.15) is 24.0 Å². The van der Waals surface area contributed by atoms with Crippen molar-refractivity contribution in [2.45, 2.75) is 24.9 Å². The lowest BCUT2D eigenvalue weighted by atomic mass is 9.82. The zero-order chi connectivity index (χ0) is 14.7. The lowest BCUT2D eigenvalue weighted by Crippen LogP contribution is -2.46. The molecule has 2 fully saturated rings. The van der Waals surface area contributed by atoms with E-state index in [1.165, 1.54) is 11.1 Å². The maximum atomic E-state index is 6.62. The molecule has 1 aromatic carbocycles. The Morgan fingerprint density at radius 3 is 2.29 bits per heavy atom. The van der Waals surface area contributed by atoms with Gasteiger partial charge in [-0.3, -0.25) is 4.90 Å². The van der Waals surface area contributed by atoms with Gasteiger partial charge in [-0.05, 0) is 44.1 Å². The Hall–Kier alpha value is -0.940. The summed E-state index contributed by atoms with van der Waals surface area (Å²) in [5, 5.41) is 0. The Balaban J connectivity index is 1.63. The fraction of sp³-hybridized carbons (Fsp3) is 0.647. The van der Waals surface area contributed by atoms with Gasteiger partial charge in [-0.15, -0.1) is 0 Å². The highest BCUT2D eigenvalue weighted by Crippen LogP contribution is 2.30. The minimum Gasteiger partial charge on any atom is -0.379 e. The topological polar surface area (TPSA) is 41.7 Å². The first-order valence-electron chi connectivity index (χ1n) is 8.03. The number of morpholine rings is 1. The third-order valence-electron chi connectivity index (χ3n) is 4.92. The molecule has 0 amide bonds. The second kappa shape index (κ2) is 6.44. The summed E-state index contributed by atoms with van der Waals surface area (Å²) in [6.07, 6.45) is 2.10. The summed E-state index contributed by atoms with van der Waals surface area (Å²) in [6.45, 7) is 6.99. The standard InChI is InChI=1S/C17H27N3O/c1-19-8-6-17(18,7-9-19)16-4-2-15(3-5-16)14-20-10-12-21-13-11-20/h2-5H,6-14,18H2,1H3. The molecule has 2 saturated heterocycles. The van der Waals surface area contributed by atoms with Crippen molar-refractivity contribution in [1.82, 2.24) is 9.80 Å². The molecule has 4 heteroatoms. The van der Waals surface area contributed by atoms with Crippen molar-refractivity contribution < 1.29 is 4.74 Å². The van der Waals surface area contributed by atoms with Gasteiger partial charge in [0, 0.05) is 25.2 Å². The smallest absolute Gasteiger partial charge is 0.0594 e. The number of likely N-dealkylation sites (tertiary alicyclic amines) is 1. The highest BCUT2D eigenvalue weighted by Gasteiger charge is 2.31. The van der Waals surface area contributed by atoms with E-state index in [9.17, 15) is 0 Å². The lowest BCUT2D eigenvalue weighted by Gasteiger charge is -2.38. The van der Waals surface area contributed by atoms with Gasteiger partial charge >= 0.3 is 0 Å². The average Bonchev–Trinajstić information content (AvgIpc) is 2.52. The van der Waals surface area contributed by atoms with Crippen LogP contribution in [-0.4, -0.2) is 56.2 Å². The van der Waals surface area contributed by atoms with Crippen molar-refractivity contribution in [3.05, 3.63) is 35.4 Å². The summed E-state index contributed by atoms with van der Waals surface area (Å²) in [4.78, 5) is 4.81. The quantitative estimate of drug-likeness (QED) is 0.913. The van der Waals surface area contributed by atoms with Gasteiger partial charge in [-0.25, -0.2) is 0 Å². The van der Waals surface area contributed by atoms with Crippen molar-refractivity contribution in [3.63, 3.8) is 0 Å². The first-order valence-corrected chi connectivity index (χ1v) is 8.03. The molecule has 0 spiro atoms. The number of ether oxygens (including phenoxy) is 1. The molecule has 4 nitrogen and oxygen atoms in total. The van der Waals surface area contributed by atoms with Crippen LogP contribution in [0.4, 0.5) is 0 Å². The summed E-state index contributed by atoms with van der Waals surface area (Å²) < 4.78 is 5.40. The van der Waals surface area contributed by atoms with E-state index in [0.29, 0.717) is 0 Å². The maximum Gasteiger partial charge on any atom is 0.0594 e. The molecule has 0 atom stereocenters. The van der Waals surface area contributed by atoms with Crippen LogP contribution >= 0.6 is 0 Å². The predicted octanol–water partition coefficient (Wildman–Crippen LogP) is 1.40. The van der Waals surface area contributed by atoms with Crippen LogP contribution in [0.25, 0.3) is 0 Å². The monoisotopic (exact) mass is 289 g/mol. The van der Waals surface area contributed by atoms with Gasteiger partial charge in [0.1, 0.15) is 0 Å². The molecule has 0 unspecified atom stereocenters. The van der Waals surface area contributed by atoms with E-state index in [1.54, 1.807) is 0 Å². The molecule has 3 rings (SSSR count). The number of nitrogens with two attached hydrogens (primary N) is 1. The molecule has 0 saturated carbocycles. The van der Waals surface area contributed by atoms with E-state index < -0.39 is 0 Å². The van der Waals surface area contributed by atoms with E-state index in [-0.39, 0.29) is 5.54 Å². The molecule has 0 aromatic heterocycles. The zero-order valence-corrected chi connectivity index (χ0v) is 13.1. The minimum absolute atomic E-state index is 0.135. The highest BCUT2D eigenvalue weighted by molar-refractivity contribution is 5.29. The van der Waals surface area contributed by atoms with Gasteiger partial charge in [0.15, 0.2) is 0 Å². The van der Waals surface area contributed by atoms with Crippen molar-refractivity contribution in [2.24, 2.45) is 5.73 Å². The number of piperidine rings is 1. The van der Waals surface area contributed by atoms with Crippen LogP contribution in [0.15, 0.2) is 24.3 Å². The molecule has 0 aliphatic carbocycles. The fourth-order valence-electron chi connectivity index (χ4n) is 3.27. The SMILES string of the molecule is CN1CCC(N)(c2ccc(CN3CCOCC3)cc2)CC1. The summed E-state index contributed by atoms with van der Waals surface area (Å²) in [5.74, 6) is 0. The number of benzene rings is 1. The normalized spacial score (nSPS) is 24.1. The van der Waals surface area contributed by atoms with Crippen LogP contribution < -0.4 is 5.73 Å². The van der Waals surface area contributed by atoms with Crippen LogP contribution in [0.5, 0.6) is 0 Å². The third-order valence-corrected chi connectivity index (χ3v) is 4.92. The summed E-state index contributed by atoms with van der Waals surface area (Å²) in [7, 11) is 2.17. The Kier molecular flexibility index (Phi) is 4.60. The minimum atomic E-state index is -0.135. The molecule has 0 bridgehead atoms. The van der Waals surface area contributed by atoms with Gasteiger partial charge < -0.3 is 15.4 Å². The first-order chi connectivity index (χ1) is 10.2. The Morgan fingerprint density at radius 2 is 1.67 bits per heavy atom. The number of hydrogen-bond acceptors (Lipinski definition) is 4. The van der Waals surface area contributed by atoms with Gasteiger partial charge in [-0.1, -0.05) is 24.3 Å².